The summed E-state index contributed by atoms with van der Waals surface area (Å²) in [5.74, 6) is 0.633. The summed E-state index contributed by atoms with van der Waals surface area (Å²) in [6, 6.07) is 5.86. The van der Waals surface area contributed by atoms with Gasteiger partial charge in [0.1, 0.15) is 0 Å². The van der Waals surface area contributed by atoms with Crippen molar-refractivity contribution in [2.75, 3.05) is 11.9 Å². The molecule has 4 nitrogen and oxygen atoms in total. The van der Waals surface area contributed by atoms with Crippen molar-refractivity contribution in [2.45, 2.75) is 33.2 Å². The van der Waals surface area contributed by atoms with Gasteiger partial charge in [-0.25, -0.2) is 0 Å². The fourth-order valence-corrected chi connectivity index (χ4v) is 2.45. The van der Waals surface area contributed by atoms with Crippen molar-refractivity contribution < 1.29 is 5.21 Å². The van der Waals surface area contributed by atoms with Crippen LogP contribution in [0.25, 0.3) is 0 Å². The Balaban J connectivity index is 3.16. The number of halogens is 1. The van der Waals surface area contributed by atoms with E-state index in [-0.39, 0.29) is 5.84 Å². The van der Waals surface area contributed by atoms with Crippen LogP contribution in [0.3, 0.4) is 0 Å². The van der Waals surface area contributed by atoms with E-state index < -0.39 is 0 Å². The molecule has 0 amide bonds. The van der Waals surface area contributed by atoms with E-state index in [2.05, 4.69) is 30.8 Å². The first-order valence-corrected chi connectivity index (χ1v) is 6.75. The van der Waals surface area contributed by atoms with Gasteiger partial charge in [-0.15, -0.1) is 0 Å². The number of hydrogen-bond donors (Lipinski definition) is 2. The van der Waals surface area contributed by atoms with Crippen LogP contribution < -0.4 is 10.6 Å². The third kappa shape index (κ3) is 3.77. The van der Waals surface area contributed by atoms with Crippen LogP contribution in [0, 0.1) is 5.92 Å². The van der Waals surface area contributed by atoms with Crippen LogP contribution in [0.5, 0.6) is 0 Å². The van der Waals surface area contributed by atoms with Gasteiger partial charge in [-0.2, -0.15) is 0 Å². The third-order valence-electron chi connectivity index (χ3n) is 3.21. The van der Waals surface area contributed by atoms with E-state index in [1.54, 1.807) is 6.07 Å². The van der Waals surface area contributed by atoms with Gasteiger partial charge in [0.25, 0.3) is 0 Å². The second kappa shape index (κ2) is 6.66. The number of hydrogen-bond acceptors (Lipinski definition) is 3. The molecule has 0 aliphatic carbocycles. The molecule has 5 heteroatoms. The number of nitrogens with zero attached hydrogens (tertiary/aromatic N) is 2. The zero-order chi connectivity index (χ0) is 14.6. The fraction of sp³-hybridized carbons (Fsp3) is 0.500. The number of nitrogens with two attached hydrogens (primary N) is 1. The van der Waals surface area contributed by atoms with E-state index in [0.29, 0.717) is 22.5 Å². The SMILES string of the molecule is CC(C)CC(C)N(C)c1cccc(Cl)c1C(N)=NO. The van der Waals surface area contributed by atoms with Gasteiger partial charge in [-0.1, -0.05) is 36.7 Å². The van der Waals surface area contributed by atoms with Crippen LogP contribution in [0.4, 0.5) is 5.69 Å². The number of rotatable bonds is 5. The molecule has 1 rings (SSSR count). The first kappa shape index (κ1) is 15.6. The summed E-state index contributed by atoms with van der Waals surface area (Å²) in [7, 11) is 1.99. The van der Waals surface area contributed by atoms with Gasteiger partial charge in [-0.3, -0.25) is 0 Å². The Kier molecular flexibility index (Phi) is 5.48. The van der Waals surface area contributed by atoms with Crippen LogP contribution in [0.1, 0.15) is 32.8 Å². The van der Waals surface area contributed by atoms with Gasteiger partial charge in [-0.05, 0) is 31.4 Å². The molecule has 0 fully saturated rings. The van der Waals surface area contributed by atoms with Gasteiger partial charge in [0.15, 0.2) is 5.84 Å². The Morgan fingerprint density at radius 1 is 1.42 bits per heavy atom. The molecule has 0 aliphatic heterocycles. The minimum atomic E-state index is 0.0317. The van der Waals surface area contributed by atoms with Gasteiger partial charge in [0.2, 0.25) is 0 Å². The minimum Gasteiger partial charge on any atom is -0.409 e. The molecule has 1 atom stereocenters. The van der Waals surface area contributed by atoms with Crippen LogP contribution in [-0.4, -0.2) is 24.1 Å². The second-order valence-corrected chi connectivity index (χ2v) is 5.62. The van der Waals surface area contributed by atoms with E-state index in [4.69, 9.17) is 22.5 Å². The van der Waals surface area contributed by atoms with Crippen LogP contribution in [0.2, 0.25) is 5.02 Å². The van der Waals surface area contributed by atoms with Crippen LogP contribution in [0.15, 0.2) is 23.4 Å². The lowest BCUT2D eigenvalue weighted by atomic mass is 10.0. The van der Waals surface area contributed by atoms with Crippen LogP contribution >= 0.6 is 11.6 Å². The van der Waals surface area contributed by atoms with Crippen molar-refractivity contribution in [3.63, 3.8) is 0 Å². The van der Waals surface area contributed by atoms with Gasteiger partial charge >= 0.3 is 0 Å². The smallest absolute Gasteiger partial charge is 0.173 e. The molecule has 1 unspecified atom stereocenters. The first-order valence-electron chi connectivity index (χ1n) is 6.37. The van der Waals surface area contributed by atoms with E-state index in [0.717, 1.165) is 12.1 Å². The number of amidine groups is 1. The summed E-state index contributed by atoms with van der Waals surface area (Å²) >= 11 is 6.16. The first-order chi connectivity index (χ1) is 8.88. The summed E-state index contributed by atoms with van der Waals surface area (Å²) in [6.07, 6.45) is 1.05. The highest BCUT2D eigenvalue weighted by Gasteiger charge is 2.18. The Morgan fingerprint density at radius 3 is 2.58 bits per heavy atom. The van der Waals surface area contributed by atoms with Crippen molar-refractivity contribution in [1.29, 1.82) is 0 Å². The summed E-state index contributed by atoms with van der Waals surface area (Å²) in [5, 5.41) is 12.4. The van der Waals surface area contributed by atoms with E-state index in [1.165, 1.54) is 0 Å². The molecular formula is C14H22ClN3O. The number of oxime groups is 1. The third-order valence-corrected chi connectivity index (χ3v) is 3.52. The van der Waals surface area contributed by atoms with Crippen LogP contribution in [-0.2, 0) is 0 Å². The lowest BCUT2D eigenvalue weighted by Gasteiger charge is -2.30. The average molecular weight is 284 g/mol. The molecule has 0 bridgehead atoms. The van der Waals surface area contributed by atoms with Crippen molar-refractivity contribution in [2.24, 2.45) is 16.8 Å². The molecule has 0 radical (unpaired) electrons. The van der Waals surface area contributed by atoms with Crippen molar-refractivity contribution >= 4 is 23.1 Å². The van der Waals surface area contributed by atoms with E-state index >= 15 is 0 Å². The standard InChI is InChI=1S/C14H22ClN3O/c1-9(2)8-10(3)18(4)12-7-5-6-11(15)13(12)14(16)17-19/h5-7,9-10,19H,8H2,1-4H3,(H2,16,17). The maximum atomic E-state index is 8.89. The Labute approximate surface area is 119 Å². The minimum absolute atomic E-state index is 0.0317. The predicted molar refractivity (Wildman–Crippen MR) is 81.3 cm³/mol. The lowest BCUT2D eigenvalue weighted by molar-refractivity contribution is 0.318. The molecule has 0 saturated heterocycles. The van der Waals surface area contributed by atoms with E-state index in [9.17, 15) is 0 Å². The molecule has 1 aromatic rings. The zero-order valence-electron chi connectivity index (χ0n) is 11.9. The monoisotopic (exact) mass is 283 g/mol. The zero-order valence-corrected chi connectivity index (χ0v) is 12.6. The summed E-state index contributed by atoms with van der Waals surface area (Å²) in [5.41, 5.74) is 7.17. The normalized spacial score (nSPS) is 13.7. The van der Waals surface area contributed by atoms with Crippen molar-refractivity contribution in [3.05, 3.63) is 28.8 Å². The highest BCUT2D eigenvalue weighted by Crippen LogP contribution is 2.29. The van der Waals surface area contributed by atoms with Gasteiger partial charge in [0, 0.05) is 18.8 Å². The summed E-state index contributed by atoms with van der Waals surface area (Å²) < 4.78 is 0. The van der Waals surface area contributed by atoms with Gasteiger partial charge < -0.3 is 15.8 Å². The largest absolute Gasteiger partial charge is 0.409 e. The summed E-state index contributed by atoms with van der Waals surface area (Å²) in [6.45, 7) is 6.52. The molecule has 3 N–H and O–H groups in total. The molecule has 19 heavy (non-hydrogen) atoms. The molecule has 1 aromatic carbocycles. The van der Waals surface area contributed by atoms with E-state index in [1.807, 2.05) is 19.2 Å². The fourth-order valence-electron chi connectivity index (χ4n) is 2.19. The van der Waals surface area contributed by atoms with Crippen molar-refractivity contribution in [3.8, 4) is 0 Å². The Hall–Kier alpha value is -1.42. The van der Waals surface area contributed by atoms with Gasteiger partial charge in [0.05, 0.1) is 10.6 Å². The maximum absolute atomic E-state index is 8.89. The molecule has 0 aliphatic rings. The topological polar surface area (TPSA) is 61.8 Å². The highest BCUT2D eigenvalue weighted by molar-refractivity contribution is 6.34. The lowest BCUT2D eigenvalue weighted by Crippen LogP contribution is -2.32. The number of anilines is 1. The predicted octanol–water partition coefficient (Wildman–Crippen LogP) is 3.31. The number of benzene rings is 1. The summed E-state index contributed by atoms with van der Waals surface area (Å²) in [4.78, 5) is 2.11. The van der Waals surface area contributed by atoms with Crippen molar-refractivity contribution in [1.82, 2.24) is 0 Å². The second-order valence-electron chi connectivity index (χ2n) is 5.21. The molecule has 0 saturated carbocycles. The Bertz CT molecular complexity index is 460. The molecule has 106 valence electrons. The molecule has 0 heterocycles. The Morgan fingerprint density at radius 2 is 2.05 bits per heavy atom. The molecule has 0 spiro atoms. The quantitative estimate of drug-likeness (QED) is 0.377. The molecular weight excluding hydrogens is 262 g/mol. The highest BCUT2D eigenvalue weighted by atomic mass is 35.5. The molecule has 0 aromatic heterocycles. The maximum Gasteiger partial charge on any atom is 0.173 e. The average Bonchev–Trinajstić information content (AvgIpc) is 2.35.